The first-order valence-corrected chi connectivity index (χ1v) is 21.5. The second-order valence-corrected chi connectivity index (χ2v) is 14.9. The van der Waals surface area contributed by atoms with Gasteiger partial charge in [0.05, 0.1) is 25.4 Å². The van der Waals surface area contributed by atoms with Gasteiger partial charge in [0.15, 0.2) is 0 Å². The molecule has 48 heavy (non-hydrogen) atoms. The molecule has 0 aromatic heterocycles. The van der Waals surface area contributed by atoms with Crippen molar-refractivity contribution in [2.24, 2.45) is 5.73 Å². The average molecular weight is 701 g/mol. The maximum Gasteiger partial charge on any atom is 0.472 e. The van der Waals surface area contributed by atoms with Gasteiger partial charge in [0.25, 0.3) is 0 Å². The van der Waals surface area contributed by atoms with Crippen molar-refractivity contribution in [2.75, 3.05) is 19.8 Å². The van der Waals surface area contributed by atoms with Crippen molar-refractivity contribution >= 4 is 13.7 Å². The van der Waals surface area contributed by atoms with E-state index in [-0.39, 0.29) is 25.7 Å². The van der Waals surface area contributed by atoms with Gasteiger partial charge in [0.2, 0.25) is 5.91 Å². The number of unbranched alkanes of at least 4 members (excludes halogenated alkanes) is 23. The lowest BCUT2D eigenvalue weighted by atomic mass is 10.0. The van der Waals surface area contributed by atoms with Gasteiger partial charge in [-0.3, -0.25) is 13.8 Å². The van der Waals surface area contributed by atoms with Crippen LogP contribution in [0.3, 0.4) is 0 Å². The van der Waals surface area contributed by atoms with Crippen LogP contribution in [-0.4, -0.2) is 47.8 Å². The third kappa shape index (κ3) is 33.5. The van der Waals surface area contributed by atoms with Gasteiger partial charge in [-0.05, 0) is 32.1 Å². The Morgan fingerprint density at radius 1 is 0.667 bits per heavy atom. The van der Waals surface area contributed by atoms with Crippen LogP contribution < -0.4 is 11.1 Å². The lowest BCUT2D eigenvalue weighted by molar-refractivity contribution is -0.123. The Kier molecular flexibility index (Phi) is 35.0. The molecule has 0 heterocycles. The number of nitrogens with one attached hydrogen (secondary N) is 1. The molecule has 0 aromatic carbocycles. The summed E-state index contributed by atoms with van der Waals surface area (Å²) >= 11 is 0. The Bertz CT molecular complexity index is 809. The van der Waals surface area contributed by atoms with Crippen LogP contribution in [0.25, 0.3) is 0 Å². The highest BCUT2D eigenvalue weighted by atomic mass is 31.2. The molecule has 3 unspecified atom stereocenters. The standard InChI is InChI=1S/C39H77N2O6P/c1-3-5-7-9-11-13-15-17-18-19-20-21-23-25-27-29-31-33-39(43)41-37(36-47-48(44,45)46-35-34-40)38(42)32-30-28-26-24-22-16-14-12-10-8-6-4-2/h22,24,30,32,37-38,42H,3-21,23,25-29,31,33-36,40H2,1-2H3,(H,41,43)(H,44,45)/b24-22+,32-30+. The first-order chi connectivity index (χ1) is 23.4. The third-order valence-electron chi connectivity index (χ3n) is 8.78. The SMILES string of the molecule is CCCCCCCC/C=C/CC/C=C/C(O)C(COP(=O)(O)OCCN)NC(=O)CCCCCCCCCCCCCCCCCCC. The fourth-order valence-electron chi connectivity index (χ4n) is 5.74. The predicted molar refractivity (Wildman–Crippen MR) is 203 cm³/mol. The fraction of sp³-hybridized carbons (Fsp3) is 0.872. The number of allylic oxidation sites excluding steroid dienone is 3. The number of carbonyl (C=O) groups excluding carboxylic acids is 1. The maximum absolute atomic E-state index is 12.7. The van der Waals surface area contributed by atoms with Crippen LogP contribution in [0.4, 0.5) is 0 Å². The zero-order valence-electron chi connectivity index (χ0n) is 31.2. The van der Waals surface area contributed by atoms with Crippen molar-refractivity contribution in [1.82, 2.24) is 5.32 Å². The van der Waals surface area contributed by atoms with Gasteiger partial charge in [-0.1, -0.05) is 173 Å². The molecule has 3 atom stereocenters. The number of rotatable bonds is 37. The van der Waals surface area contributed by atoms with Crippen molar-refractivity contribution in [3.05, 3.63) is 24.3 Å². The Morgan fingerprint density at radius 2 is 1.10 bits per heavy atom. The number of hydrogen-bond donors (Lipinski definition) is 4. The molecule has 0 spiro atoms. The second kappa shape index (κ2) is 35.8. The van der Waals surface area contributed by atoms with Gasteiger partial charge in [-0.2, -0.15) is 0 Å². The fourth-order valence-corrected chi connectivity index (χ4v) is 6.49. The Balaban J connectivity index is 4.26. The summed E-state index contributed by atoms with van der Waals surface area (Å²) in [6.07, 6.45) is 39.4. The third-order valence-corrected chi connectivity index (χ3v) is 9.76. The molecule has 284 valence electrons. The van der Waals surface area contributed by atoms with E-state index in [1.165, 1.54) is 128 Å². The van der Waals surface area contributed by atoms with Crippen molar-refractivity contribution in [3.63, 3.8) is 0 Å². The van der Waals surface area contributed by atoms with Crippen molar-refractivity contribution < 1.29 is 28.4 Å². The van der Waals surface area contributed by atoms with Gasteiger partial charge >= 0.3 is 7.82 Å². The quantitative estimate of drug-likeness (QED) is 0.0288. The van der Waals surface area contributed by atoms with Crippen LogP contribution in [0.1, 0.15) is 187 Å². The van der Waals surface area contributed by atoms with Gasteiger partial charge in [0, 0.05) is 13.0 Å². The molecule has 0 aromatic rings. The van der Waals surface area contributed by atoms with E-state index in [0.29, 0.717) is 6.42 Å². The minimum absolute atomic E-state index is 0.0756. The molecule has 5 N–H and O–H groups in total. The van der Waals surface area contributed by atoms with Crippen LogP contribution in [0, 0.1) is 0 Å². The molecule has 0 fully saturated rings. The number of carbonyl (C=O) groups is 1. The molecule has 1 amide bonds. The Hall–Kier alpha value is -1.02. The second-order valence-electron chi connectivity index (χ2n) is 13.5. The van der Waals surface area contributed by atoms with Gasteiger partial charge in [-0.15, -0.1) is 0 Å². The maximum atomic E-state index is 12.7. The highest BCUT2D eigenvalue weighted by Crippen LogP contribution is 2.43. The van der Waals surface area contributed by atoms with Crippen LogP contribution in [0.15, 0.2) is 24.3 Å². The minimum Gasteiger partial charge on any atom is -0.387 e. The van der Waals surface area contributed by atoms with E-state index in [4.69, 9.17) is 14.8 Å². The summed E-state index contributed by atoms with van der Waals surface area (Å²) in [4.78, 5) is 22.6. The molecule has 0 bridgehead atoms. The summed E-state index contributed by atoms with van der Waals surface area (Å²) in [5, 5.41) is 13.6. The summed E-state index contributed by atoms with van der Waals surface area (Å²) in [7, 11) is -4.34. The first-order valence-electron chi connectivity index (χ1n) is 20.0. The van der Waals surface area contributed by atoms with Gasteiger partial charge in [0.1, 0.15) is 0 Å². The average Bonchev–Trinajstić information content (AvgIpc) is 3.07. The number of aliphatic hydroxyl groups excluding tert-OH is 1. The summed E-state index contributed by atoms with van der Waals surface area (Å²) in [6.45, 7) is 4.10. The summed E-state index contributed by atoms with van der Waals surface area (Å²) < 4.78 is 22.0. The Labute approximate surface area is 296 Å². The number of nitrogens with two attached hydrogens (primary N) is 1. The van der Waals surface area contributed by atoms with Gasteiger partial charge in [-0.25, -0.2) is 4.57 Å². The van der Waals surface area contributed by atoms with Crippen LogP contribution >= 0.6 is 7.82 Å². The number of aliphatic hydroxyl groups is 1. The number of phosphoric ester groups is 1. The lowest BCUT2D eigenvalue weighted by Crippen LogP contribution is -2.45. The monoisotopic (exact) mass is 701 g/mol. The number of phosphoric acid groups is 1. The molecule has 9 heteroatoms. The van der Waals surface area contributed by atoms with E-state index in [1.54, 1.807) is 6.08 Å². The topological polar surface area (TPSA) is 131 Å². The van der Waals surface area contributed by atoms with E-state index in [0.717, 1.165) is 38.5 Å². The molecule has 0 aliphatic carbocycles. The molecular weight excluding hydrogens is 623 g/mol. The van der Waals surface area contributed by atoms with Crippen LogP contribution in [0.5, 0.6) is 0 Å². The predicted octanol–water partition coefficient (Wildman–Crippen LogP) is 10.6. The van der Waals surface area contributed by atoms with Crippen LogP contribution in [0.2, 0.25) is 0 Å². The van der Waals surface area contributed by atoms with E-state index in [9.17, 15) is 19.4 Å². The summed E-state index contributed by atoms with van der Waals surface area (Å²) in [5.74, 6) is -0.203. The Morgan fingerprint density at radius 3 is 1.60 bits per heavy atom. The number of hydrogen-bond acceptors (Lipinski definition) is 6. The smallest absolute Gasteiger partial charge is 0.387 e. The highest BCUT2D eigenvalue weighted by Gasteiger charge is 2.26. The van der Waals surface area contributed by atoms with E-state index < -0.39 is 20.0 Å². The van der Waals surface area contributed by atoms with Crippen molar-refractivity contribution in [1.29, 1.82) is 0 Å². The van der Waals surface area contributed by atoms with Crippen molar-refractivity contribution in [3.8, 4) is 0 Å². The van der Waals surface area contributed by atoms with Crippen molar-refractivity contribution in [2.45, 2.75) is 199 Å². The van der Waals surface area contributed by atoms with E-state index in [2.05, 4.69) is 31.3 Å². The molecule has 0 saturated carbocycles. The molecule has 0 aliphatic heterocycles. The molecule has 0 aliphatic rings. The molecule has 0 saturated heterocycles. The first kappa shape index (κ1) is 47.0. The zero-order valence-corrected chi connectivity index (χ0v) is 32.1. The summed E-state index contributed by atoms with van der Waals surface area (Å²) in [5.41, 5.74) is 5.35. The number of amides is 1. The largest absolute Gasteiger partial charge is 0.472 e. The van der Waals surface area contributed by atoms with E-state index >= 15 is 0 Å². The highest BCUT2D eigenvalue weighted by molar-refractivity contribution is 7.47. The molecular formula is C39H77N2O6P. The van der Waals surface area contributed by atoms with Crippen LogP contribution in [-0.2, 0) is 18.4 Å². The minimum atomic E-state index is -4.34. The molecule has 8 nitrogen and oxygen atoms in total. The van der Waals surface area contributed by atoms with E-state index in [1.807, 2.05) is 6.08 Å². The molecule has 0 radical (unpaired) electrons. The zero-order chi connectivity index (χ0) is 35.4. The normalized spacial score (nSPS) is 14.5. The summed E-state index contributed by atoms with van der Waals surface area (Å²) in [6, 6.07) is -0.871. The lowest BCUT2D eigenvalue weighted by Gasteiger charge is -2.23. The van der Waals surface area contributed by atoms with Gasteiger partial charge < -0.3 is 21.1 Å². The molecule has 0 rings (SSSR count).